The van der Waals surface area contributed by atoms with Gasteiger partial charge in [-0.3, -0.25) is 4.79 Å². The third-order valence-electron chi connectivity index (χ3n) is 3.29. The summed E-state index contributed by atoms with van der Waals surface area (Å²) in [6.07, 6.45) is 4.00. The van der Waals surface area contributed by atoms with E-state index in [0.29, 0.717) is 12.2 Å². The van der Waals surface area contributed by atoms with Gasteiger partial charge in [0.15, 0.2) is 0 Å². The monoisotopic (exact) mass is 340 g/mol. The zero-order valence-electron chi connectivity index (χ0n) is 12.7. The molecule has 0 bridgehead atoms. The maximum Gasteiger partial charge on any atom is 0.273 e. The highest BCUT2D eigenvalue weighted by Crippen LogP contribution is 2.28. The van der Waals surface area contributed by atoms with Crippen LogP contribution in [0.15, 0.2) is 59.3 Å². The lowest BCUT2D eigenvalue weighted by Gasteiger charge is -2.13. The van der Waals surface area contributed by atoms with Gasteiger partial charge >= 0.3 is 0 Å². The minimum absolute atomic E-state index is 0.0539. The van der Waals surface area contributed by atoms with Crippen LogP contribution in [0.2, 0.25) is 0 Å². The molecule has 2 aromatic heterocycles. The molecule has 0 aliphatic heterocycles. The maximum atomic E-state index is 12.4. The molecule has 0 saturated carbocycles. The quantitative estimate of drug-likeness (QED) is 0.677. The van der Waals surface area contributed by atoms with Crippen molar-refractivity contribution in [1.29, 1.82) is 0 Å². The number of likely N-dealkylation sites (N-methyl/N-ethyl adjacent to an activating group) is 1. The van der Waals surface area contributed by atoms with Crippen LogP contribution >= 0.6 is 22.7 Å². The summed E-state index contributed by atoms with van der Waals surface area (Å²) in [6.45, 7) is 0.555. The lowest BCUT2D eigenvalue weighted by molar-refractivity contribution is 0.0805. The van der Waals surface area contributed by atoms with Gasteiger partial charge in [-0.2, -0.15) is 0 Å². The Morgan fingerprint density at radius 3 is 2.74 bits per heavy atom. The second kappa shape index (κ2) is 7.35. The van der Waals surface area contributed by atoms with Gasteiger partial charge in [0.05, 0.1) is 4.88 Å². The predicted molar refractivity (Wildman–Crippen MR) is 97.9 cm³/mol. The van der Waals surface area contributed by atoms with Gasteiger partial charge in [0.25, 0.3) is 5.91 Å². The van der Waals surface area contributed by atoms with Crippen LogP contribution in [0.25, 0.3) is 16.0 Å². The Bertz CT molecular complexity index is 792. The maximum absolute atomic E-state index is 12.4. The average Bonchev–Trinajstić information content (AvgIpc) is 3.26. The van der Waals surface area contributed by atoms with Crippen LogP contribution in [0.4, 0.5) is 0 Å². The van der Waals surface area contributed by atoms with Crippen molar-refractivity contribution in [3.63, 3.8) is 0 Å². The minimum atomic E-state index is -0.0539. The normalized spacial score (nSPS) is 11.0. The Morgan fingerprint density at radius 1 is 1.17 bits per heavy atom. The minimum Gasteiger partial charge on any atom is -0.337 e. The number of rotatable bonds is 5. The molecule has 0 radical (unpaired) electrons. The summed E-state index contributed by atoms with van der Waals surface area (Å²) < 4.78 is 0. The Labute approximate surface area is 143 Å². The zero-order chi connectivity index (χ0) is 16.1. The van der Waals surface area contributed by atoms with Gasteiger partial charge in [-0.15, -0.1) is 22.7 Å². The number of thiazole rings is 1. The second-order valence-corrected chi connectivity index (χ2v) is 6.82. The van der Waals surface area contributed by atoms with Crippen molar-refractivity contribution < 1.29 is 4.79 Å². The first kappa shape index (κ1) is 15.6. The molecule has 116 valence electrons. The number of thiophene rings is 1. The Hall–Kier alpha value is -2.24. The van der Waals surface area contributed by atoms with Crippen LogP contribution in [0.1, 0.15) is 16.1 Å². The van der Waals surface area contributed by atoms with Gasteiger partial charge in [-0.1, -0.05) is 48.6 Å². The van der Waals surface area contributed by atoms with Crippen LogP contribution in [-0.2, 0) is 0 Å². The van der Waals surface area contributed by atoms with Gasteiger partial charge in [-0.05, 0) is 17.0 Å². The van der Waals surface area contributed by atoms with Crippen LogP contribution in [0.5, 0.6) is 0 Å². The van der Waals surface area contributed by atoms with E-state index in [1.165, 1.54) is 11.3 Å². The number of amides is 1. The molecule has 0 saturated heterocycles. The number of benzene rings is 1. The first-order valence-electron chi connectivity index (χ1n) is 7.20. The molecule has 0 atom stereocenters. The van der Waals surface area contributed by atoms with Gasteiger partial charge in [-0.25, -0.2) is 4.98 Å². The van der Waals surface area contributed by atoms with E-state index in [9.17, 15) is 4.79 Å². The number of hydrogen-bond acceptors (Lipinski definition) is 4. The largest absolute Gasteiger partial charge is 0.337 e. The smallest absolute Gasteiger partial charge is 0.273 e. The molecule has 0 N–H and O–H groups in total. The summed E-state index contributed by atoms with van der Waals surface area (Å²) >= 11 is 3.14. The second-order valence-electron chi connectivity index (χ2n) is 5.01. The number of nitrogens with zero attached hydrogens (tertiary/aromatic N) is 2. The van der Waals surface area contributed by atoms with Crippen molar-refractivity contribution in [3.05, 3.63) is 70.6 Å². The van der Waals surface area contributed by atoms with Crippen molar-refractivity contribution in [2.75, 3.05) is 13.6 Å². The van der Waals surface area contributed by atoms with Crippen molar-refractivity contribution in [3.8, 4) is 9.88 Å². The van der Waals surface area contributed by atoms with Gasteiger partial charge in [0, 0.05) is 19.0 Å². The average molecular weight is 340 g/mol. The molecule has 0 aliphatic carbocycles. The predicted octanol–water partition coefficient (Wildman–Crippen LogP) is 4.66. The van der Waals surface area contributed by atoms with Crippen molar-refractivity contribution in [2.45, 2.75) is 0 Å². The SMILES string of the molecule is CN(C/C=C/c1ccccc1)C(=O)c1csc(-c2cccs2)n1. The van der Waals surface area contributed by atoms with Gasteiger partial charge in [0.2, 0.25) is 0 Å². The topological polar surface area (TPSA) is 33.2 Å². The lowest BCUT2D eigenvalue weighted by Crippen LogP contribution is -2.27. The third kappa shape index (κ3) is 3.94. The third-order valence-corrected chi connectivity index (χ3v) is 5.17. The molecule has 3 rings (SSSR count). The van der Waals surface area contributed by atoms with Crippen LogP contribution in [0.3, 0.4) is 0 Å². The van der Waals surface area contributed by atoms with Gasteiger partial charge in [0.1, 0.15) is 10.7 Å². The summed E-state index contributed by atoms with van der Waals surface area (Å²) in [5, 5.41) is 4.74. The molecule has 23 heavy (non-hydrogen) atoms. The number of carbonyl (C=O) groups is 1. The van der Waals surface area contributed by atoms with E-state index >= 15 is 0 Å². The highest BCUT2D eigenvalue weighted by atomic mass is 32.1. The van der Waals surface area contributed by atoms with Crippen LogP contribution in [0, 0.1) is 0 Å². The van der Waals surface area contributed by atoms with E-state index in [-0.39, 0.29) is 5.91 Å². The molecule has 1 amide bonds. The van der Waals surface area contributed by atoms with E-state index in [4.69, 9.17) is 0 Å². The standard InChI is InChI=1S/C18H16N2OS2/c1-20(11-5-9-14-7-3-2-4-8-14)18(21)15-13-23-17(19-15)16-10-6-12-22-16/h2-10,12-13H,11H2,1H3/b9-5+. The summed E-state index contributed by atoms with van der Waals surface area (Å²) in [4.78, 5) is 19.6. The molecule has 0 spiro atoms. The molecule has 1 aromatic carbocycles. The molecule has 0 unspecified atom stereocenters. The van der Waals surface area contributed by atoms with E-state index in [1.807, 2.05) is 65.4 Å². The Morgan fingerprint density at radius 2 is 2.00 bits per heavy atom. The van der Waals surface area contributed by atoms with Crippen LogP contribution < -0.4 is 0 Å². The van der Waals surface area contributed by atoms with E-state index in [1.54, 1.807) is 23.3 Å². The highest BCUT2D eigenvalue weighted by Gasteiger charge is 2.15. The zero-order valence-corrected chi connectivity index (χ0v) is 14.3. The number of hydrogen-bond donors (Lipinski definition) is 0. The van der Waals surface area contributed by atoms with Crippen molar-refractivity contribution in [1.82, 2.24) is 9.88 Å². The molecule has 3 aromatic rings. The Balaban J connectivity index is 1.62. The molecule has 2 heterocycles. The summed E-state index contributed by atoms with van der Waals surface area (Å²) in [5.74, 6) is -0.0539. The summed E-state index contributed by atoms with van der Waals surface area (Å²) in [7, 11) is 1.79. The first-order chi connectivity index (χ1) is 11.2. The summed E-state index contributed by atoms with van der Waals surface area (Å²) in [6, 6.07) is 14.1. The van der Waals surface area contributed by atoms with E-state index in [2.05, 4.69) is 4.98 Å². The molecular weight excluding hydrogens is 324 g/mol. The molecule has 5 heteroatoms. The van der Waals surface area contributed by atoms with Crippen molar-refractivity contribution >= 4 is 34.7 Å². The molecular formula is C18H16N2OS2. The molecule has 0 fully saturated rings. The van der Waals surface area contributed by atoms with Crippen LogP contribution in [-0.4, -0.2) is 29.4 Å². The highest BCUT2D eigenvalue weighted by molar-refractivity contribution is 7.20. The molecule has 0 aliphatic rings. The fourth-order valence-corrected chi connectivity index (χ4v) is 3.68. The van der Waals surface area contributed by atoms with E-state index < -0.39 is 0 Å². The van der Waals surface area contributed by atoms with Gasteiger partial charge < -0.3 is 4.90 Å². The fraction of sp³-hybridized carbons (Fsp3) is 0.111. The van der Waals surface area contributed by atoms with Crippen molar-refractivity contribution in [2.24, 2.45) is 0 Å². The Kier molecular flexibility index (Phi) is 5.00. The lowest BCUT2D eigenvalue weighted by atomic mass is 10.2. The first-order valence-corrected chi connectivity index (χ1v) is 8.96. The van der Waals surface area contributed by atoms with E-state index in [0.717, 1.165) is 15.4 Å². The summed E-state index contributed by atoms with van der Waals surface area (Å²) in [5.41, 5.74) is 1.64. The number of aromatic nitrogens is 1. The fourth-order valence-electron chi connectivity index (χ4n) is 2.07. The molecule has 3 nitrogen and oxygen atoms in total. The number of carbonyl (C=O) groups excluding carboxylic acids is 1.